The topological polar surface area (TPSA) is 95.1 Å². The van der Waals surface area contributed by atoms with E-state index in [2.05, 4.69) is 6.58 Å². The molecule has 0 aromatic heterocycles. The maximum atomic E-state index is 9.82. The van der Waals surface area contributed by atoms with Crippen LogP contribution in [0.25, 0.3) is 0 Å². The van der Waals surface area contributed by atoms with Gasteiger partial charge in [0.1, 0.15) is 0 Å². The van der Waals surface area contributed by atoms with E-state index in [9.17, 15) is 4.79 Å². The standard InChI is InChI=1S/C4H12N2.C4H7NO/c1-4(6)2-3-5;1-3(2)4(5)6/h4H,2-3,5-6H2,1H3;1H2,2H3,(H2,5,6). The van der Waals surface area contributed by atoms with E-state index in [0.29, 0.717) is 12.1 Å². The highest BCUT2D eigenvalue weighted by Gasteiger charge is 1.86. The first-order valence-corrected chi connectivity index (χ1v) is 3.82. The summed E-state index contributed by atoms with van der Waals surface area (Å²) in [6, 6.07) is 0.273. The number of hydrogen-bond acceptors (Lipinski definition) is 3. The quantitative estimate of drug-likeness (QED) is 0.513. The molecular weight excluding hydrogens is 154 g/mol. The van der Waals surface area contributed by atoms with Gasteiger partial charge in [-0.2, -0.15) is 0 Å². The highest BCUT2D eigenvalue weighted by atomic mass is 16.1. The number of carbonyl (C=O) groups is 1. The van der Waals surface area contributed by atoms with Crippen molar-refractivity contribution in [3.8, 4) is 0 Å². The number of carbonyl (C=O) groups excluding carboxylic acids is 1. The average molecular weight is 173 g/mol. The molecule has 6 N–H and O–H groups in total. The van der Waals surface area contributed by atoms with Crippen molar-refractivity contribution < 1.29 is 4.79 Å². The summed E-state index contributed by atoms with van der Waals surface area (Å²) in [4.78, 5) is 9.82. The van der Waals surface area contributed by atoms with Crippen molar-refractivity contribution in [2.45, 2.75) is 26.3 Å². The normalized spacial score (nSPS) is 11.0. The lowest BCUT2D eigenvalue weighted by molar-refractivity contribution is -0.114. The van der Waals surface area contributed by atoms with Crippen LogP contribution in [-0.2, 0) is 4.79 Å². The molecule has 0 heterocycles. The smallest absolute Gasteiger partial charge is 0.243 e. The molecule has 0 aromatic carbocycles. The highest BCUT2D eigenvalue weighted by molar-refractivity contribution is 5.90. The summed E-state index contributed by atoms with van der Waals surface area (Å²) in [6.45, 7) is 7.51. The van der Waals surface area contributed by atoms with Crippen LogP contribution >= 0.6 is 0 Å². The van der Waals surface area contributed by atoms with Gasteiger partial charge in [-0.25, -0.2) is 0 Å². The Balaban J connectivity index is 0. The minimum absolute atomic E-state index is 0.273. The van der Waals surface area contributed by atoms with E-state index in [-0.39, 0.29) is 6.04 Å². The molecule has 0 aliphatic carbocycles. The third kappa shape index (κ3) is 16.1. The summed E-state index contributed by atoms with van der Waals surface area (Å²) in [7, 11) is 0. The first-order valence-electron chi connectivity index (χ1n) is 3.82. The summed E-state index contributed by atoms with van der Waals surface area (Å²) in [5, 5.41) is 0. The number of hydrogen-bond donors (Lipinski definition) is 3. The van der Waals surface area contributed by atoms with Crippen LogP contribution in [0.5, 0.6) is 0 Å². The number of nitrogens with two attached hydrogens (primary N) is 3. The minimum Gasteiger partial charge on any atom is -0.366 e. The second-order valence-electron chi connectivity index (χ2n) is 2.70. The first-order chi connectivity index (χ1) is 5.41. The Labute approximate surface area is 73.8 Å². The molecule has 0 aliphatic heterocycles. The third-order valence-corrected chi connectivity index (χ3v) is 1.04. The van der Waals surface area contributed by atoms with Gasteiger partial charge in [0.2, 0.25) is 5.91 Å². The molecule has 0 saturated heterocycles. The molecule has 1 atom stereocenters. The molecule has 0 bridgehead atoms. The summed E-state index contributed by atoms with van der Waals surface area (Å²) >= 11 is 0. The van der Waals surface area contributed by atoms with Gasteiger partial charge in [0, 0.05) is 11.6 Å². The fourth-order valence-corrected chi connectivity index (χ4v) is 0.263. The van der Waals surface area contributed by atoms with Crippen molar-refractivity contribution in [2.75, 3.05) is 6.54 Å². The van der Waals surface area contributed by atoms with Gasteiger partial charge in [0.15, 0.2) is 0 Å². The minimum atomic E-state index is -0.435. The first kappa shape index (κ1) is 13.7. The molecule has 4 nitrogen and oxygen atoms in total. The summed E-state index contributed by atoms with van der Waals surface area (Å²) in [5.74, 6) is -0.435. The summed E-state index contributed by atoms with van der Waals surface area (Å²) in [5.41, 5.74) is 15.6. The fraction of sp³-hybridized carbons (Fsp3) is 0.625. The SMILES string of the molecule is C=C(C)C(N)=O.CC(N)CCN. The van der Waals surface area contributed by atoms with Crippen LogP contribution in [-0.4, -0.2) is 18.5 Å². The predicted molar refractivity (Wildman–Crippen MR) is 51.3 cm³/mol. The molecule has 4 heteroatoms. The van der Waals surface area contributed by atoms with Crippen LogP contribution in [0.1, 0.15) is 20.3 Å². The van der Waals surface area contributed by atoms with E-state index in [1.165, 1.54) is 0 Å². The Morgan fingerprint density at radius 3 is 1.92 bits per heavy atom. The molecule has 0 rings (SSSR count). The van der Waals surface area contributed by atoms with Gasteiger partial charge in [-0.1, -0.05) is 6.58 Å². The van der Waals surface area contributed by atoms with Crippen molar-refractivity contribution in [1.82, 2.24) is 0 Å². The van der Waals surface area contributed by atoms with Gasteiger partial charge in [-0.15, -0.1) is 0 Å². The van der Waals surface area contributed by atoms with E-state index in [0.717, 1.165) is 6.42 Å². The molecule has 12 heavy (non-hydrogen) atoms. The van der Waals surface area contributed by atoms with Gasteiger partial charge in [0.05, 0.1) is 0 Å². The molecule has 72 valence electrons. The third-order valence-electron chi connectivity index (χ3n) is 1.04. The van der Waals surface area contributed by atoms with Gasteiger partial charge in [-0.3, -0.25) is 4.79 Å². The van der Waals surface area contributed by atoms with Crippen LogP contribution in [0.3, 0.4) is 0 Å². The number of amides is 1. The van der Waals surface area contributed by atoms with Gasteiger partial charge in [0.25, 0.3) is 0 Å². The molecule has 0 aromatic rings. The molecule has 1 unspecified atom stereocenters. The zero-order valence-corrected chi connectivity index (χ0v) is 7.84. The molecule has 0 radical (unpaired) electrons. The lowest BCUT2D eigenvalue weighted by Gasteiger charge is -1.96. The monoisotopic (exact) mass is 173 g/mol. The number of primary amides is 1. The number of rotatable bonds is 3. The highest BCUT2D eigenvalue weighted by Crippen LogP contribution is 1.78. The second kappa shape index (κ2) is 8.23. The molecule has 0 saturated carbocycles. The van der Waals surface area contributed by atoms with Gasteiger partial charge in [-0.05, 0) is 26.8 Å². The largest absolute Gasteiger partial charge is 0.366 e. The fourth-order valence-electron chi connectivity index (χ4n) is 0.263. The van der Waals surface area contributed by atoms with Crippen molar-refractivity contribution in [2.24, 2.45) is 17.2 Å². The van der Waals surface area contributed by atoms with Crippen LogP contribution < -0.4 is 17.2 Å². The Kier molecular flexibility index (Phi) is 9.40. The molecular formula is C8H19N3O. The van der Waals surface area contributed by atoms with Crippen molar-refractivity contribution >= 4 is 5.91 Å². The van der Waals surface area contributed by atoms with Crippen LogP contribution in [0.2, 0.25) is 0 Å². The molecule has 1 amide bonds. The van der Waals surface area contributed by atoms with Crippen molar-refractivity contribution in [3.63, 3.8) is 0 Å². The van der Waals surface area contributed by atoms with E-state index in [1.54, 1.807) is 6.92 Å². The Morgan fingerprint density at radius 1 is 1.58 bits per heavy atom. The van der Waals surface area contributed by atoms with Gasteiger partial charge >= 0.3 is 0 Å². The predicted octanol–water partition coefficient (Wildman–Crippen LogP) is -0.270. The summed E-state index contributed by atoms with van der Waals surface area (Å²) < 4.78 is 0. The zero-order chi connectivity index (χ0) is 10.1. The zero-order valence-electron chi connectivity index (χ0n) is 7.84. The molecule has 0 fully saturated rings. The average Bonchev–Trinajstić information content (AvgIpc) is 1.87. The maximum absolute atomic E-state index is 9.82. The second-order valence-corrected chi connectivity index (χ2v) is 2.70. The van der Waals surface area contributed by atoms with E-state index >= 15 is 0 Å². The van der Waals surface area contributed by atoms with E-state index < -0.39 is 5.91 Å². The van der Waals surface area contributed by atoms with Crippen molar-refractivity contribution in [1.29, 1.82) is 0 Å². The van der Waals surface area contributed by atoms with Crippen molar-refractivity contribution in [3.05, 3.63) is 12.2 Å². The Morgan fingerprint density at radius 2 is 1.92 bits per heavy atom. The summed E-state index contributed by atoms with van der Waals surface area (Å²) in [6.07, 6.45) is 0.931. The van der Waals surface area contributed by atoms with Crippen LogP contribution in [0, 0.1) is 0 Å². The van der Waals surface area contributed by atoms with E-state index in [1.807, 2.05) is 6.92 Å². The Hall–Kier alpha value is -0.870. The lowest BCUT2D eigenvalue weighted by Crippen LogP contribution is -2.18. The van der Waals surface area contributed by atoms with Crippen LogP contribution in [0.4, 0.5) is 0 Å². The van der Waals surface area contributed by atoms with Gasteiger partial charge < -0.3 is 17.2 Å². The van der Waals surface area contributed by atoms with E-state index in [4.69, 9.17) is 17.2 Å². The lowest BCUT2D eigenvalue weighted by atomic mass is 10.3. The maximum Gasteiger partial charge on any atom is 0.243 e. The molecule has 0 spiro atoms. The van der Waals surface area contributed by atoms with Crippen LogP contribution in [0.15, 0.2) is 12.2 Å². The molecule has 0 aliphatic rings. The Bertz CT molecular complexity index is 131.